The first kappa shape index (κ1) is 16.4. The number of anilines is 1. The van der Waals surface area contributed by atoms with Crippen LogP contribution in [-0.2, 0) is 0 Å². The number of amides is 1. The van der Waals surface area contributed by atoms with Crippen molar-refractivity contribution in [3.05, 3.63) is 23.6 Å². The van der Waals surface area contributed by atoms with Gasteiger partial charge in [0.2, 0.25) is 0 Å². The number of rotatable bonds is 7. The fraction of sp³-hybridized carbons (Fsp3) is 0.600. The molecule has 0 aliphatic rings. The molecule has 4 nitrogen and oxygen atoms in total. The molecular formula is C15H24FN3O. The van der Waals surface area contributed by atoms with E-state index in [0.29, 0.717) is 13.1 Å². The van der Waals surface area contributed by atoms with Gasteiger partial charge < -0.3 is 10.6 Å². The Labute approximate surface area is 120 Å². The molecule has 1 aromatic rings. The van der Waals surface area contributed by atoms with Gasteiger partial charge in [0.15, 0.2) is 11.6 Å². The Hall–Kier alpha value is -1.65. The summed E-state index contributed by atoms with van der Waals surface area (Å²) >= 11 is 0. The van der Waals surface area contributed by atoms with Gasteiger partial charge in [-0.15, -0.1) is 0 Å². The summed E-state index contributed by atoms with van der Waals surface area (Å²) in [5.41, 5.74) is 0.0353. The van der Waals surface area contributed by atoms with Crippen LogP contribution in [0.5, 0.6) is 0 Å². The standard InChI is InChI=1S/C15H24FN3O/c1-5-8-17-13-12(16)11(7-9-18-13)14(20)19-10-15(3,4)6-2/h7,9H,5-6,8,10H2,1-4H3,(H,17,18)(H,19,20). The third kappa shape index (κ3) is 4.47. The summed E-state index contributed by atoms with van der Waals surface area (Å²) in [4.78, 5) is 16.0. The smallest absolute Gasteiger partial charge is 0.254 e. The molecule has 5 heteroatoms. The minimum absolute atomic E-state index is 0.00244. The molecule has 0 unspecified atom stereocenters. The van der Waals surface area contributed by atoms with E-state index in [9.17, 15) is 9.18 Å². The highest BCUT2D eigenvalue weighted by molar-refractivity contribution is 5.95. The Balaban J connectivity index is 2.78. The minimum Gasteiger partial charge on any atom is -0.368 e. The summed E-state index contributed by atoms with van der Waals surface area (Å²) in [5.74, 6) is -0.854. The molecule has 1 amide bonds. The molecule has 0 aromatic carbocycles. The molecule has 0 aliphatic carbocycles. The summed E-state index contributed by atoms with van der Waals surface area (Å²) in [6.07, 6.45) is 3.25. The molecule has 2 N–H and O–H groups in total. The van der Waals surface area contributed by atoms with Crippen LogP contribution in [0.4, 0.5) is 10.2 Å². The summed E-state index contributed by atoms with van der Waals surface area (Å²) in [5, 5.41) is 5.66. The number of hydrogen-bond donors (Lipinski definition) is 2. The maximum atomic E-state index is 14.2. The van der Waals surface area contributed by atoms with Crippen molar-refractivity contribution in [1.29, 1.82) is 0 Å². The van der Waals surface area contributed by atoms with Crippen molar-refractivity contribution in [2.24, 2.45) is 5.41 Å². The van der Waals surface area contributed by atoms with Gasteiger partial charge in [-0.05, 0) is 24.3 Å². The maximum Gasteiger partial charge on any atom is 0.254 e. The fourth-order valence-corrected chi connectivity index (χ4v) is 1.53. The van der Waals surface area contributed by atoms with Crippen molar-refractivity contribution < 1.29 is 9.18 Å². The molecule has 20 heavy (non-hydrogen) atoms. The van der Waals surface area contributed by atoms with Gasteiger partial charge in [0.05, 0.1) is 5.56 Å². The fourth-order valence-electron chi connectivity index (χ4n) is 1.53. The molecule has 0 saturated carbocycles. The number of pyridine rings is 1. The Morgan fingerprint density at radius 3 is 2.70 bits per heavy atom. The summed E-state index contributed by atoms with van der Waals surface area (Å²) in [7, 11) is 0. The van der Waals surface area contributed by atoms with Crippen LogP contribution in [0, 0.1) is 11.2 Å². The van der Waals surface area contributed by atoms with Crippen molar-refractivity contribution in [1.82, 2.24) is 10.3 Å². The Morgan fingerprint density at radius 2 is 2.10 bits per heavy atom. The van der Waals surface area contributed by atoms with E-state index >= 15 is 0 Å². The number of halogens is 1. The van der Waals surface area contributed by atoms with Crippen LogP contribution in [0.15, 0.2) is 12.3 Å². The second kappa shape index (κ2) is 7.22. The molecular weight excluding hydrogens is 257 g/mol. The SMILES string of the molecule is CCCNc1nccc(C(=O)NCC(C)(C)CC)c1F. The van der Waals surface area contributed by atoms with Crippen LogP contribution < -0.4 is 10.6 Å². The molecule has 0 bridgehead atoms. The summed E-state index contributed by atoms with van der Waals surface area (Å²) in [6.45, 7) is 9.30. The van der Waals surface area contributed by atoms with E-state index in [1.807, 2.05) is 6.92 Å². The third-order valence-electron chi connectivity index (χ3n) is 3.36. The average Bonchev–Trinajstić information content (AvgIpc) is 2.44. The lowest BCUT2D eigenvalue weighted by Gasteiger charge is -2.23. The summed E-state index contributed by atoms with van der Waals surface area (Å²) < 4.78 is 14.2. The molecule has 1 aromatic heterocycles. The molecule has 0 fully saturated rings. The highest BCUT2D eigenvalue weighted by Gasteiger charge is 2.20. The third-order valence-corrected chi connectivity index (χ3v) is 3.36. The zero-order chi connectivity index (χ0) is 15.2. The first-order valence-corrected chi connectivity index (χ1v) is 7.08. The van der Waals surface area contributed by atoms with E-state index in [1.165, 1.54) is 12.3 Å². The van der Waals surface area contributed by atoms with Crippen molar-refractivity contribution in [2.45, 2.75) is 40.5 Å². The van der Waals surface area contributed by atoms with E-state index in [4.69, 9.17) is 0 Å². The van der Waals surface area contributed by atoms with Crippen LogP contribution in [-0.4, -0.2) is 24.0 Å². The monoisotopic (exact) mass is 281 g/mol. The van der Waals surface area contributed by atoms with Gasteiger partial charge in [-0.3, -0.25) is 4.79 Å². The van der Waals surface area contributed by atoms with E-state index in [1.54, 1.807) is 0 Å². The van der Waals surface area contributed by atoms with Gasteiger partial charge >= 0.3 is 0 Å². The molecule has 1 heterocycles. The van der Waals surface area contributed by atoms with Gasteiger partial charge in [0.25, 0.3) is 5.91 Å². The first-order chi connectivity index (χ1) is 9.41. The van der Waals surface area contributed by atoms with Crippen LogP contribution >= 0.6 is 0 Å². The first-order valence-electron chi connectivity index (χ1n) is 7.08. The van der Waals surface area contributed by atoms with E-state index in [2.05, 4.69) is 36.4 Å². The van der Waals surface area contributed by atoms with Gasteiger partial charge in [-0.2, -0.15) is 0 Å². The zero-order valence-electron chi connectivity index (χ0n) is 12.7. The lowest BCUT2D eigenvalue weighted by Crippen LogP contribution is -2.34. The molecule has 0 saturated heterocycles. The van der Waals surface area contributed by atoms with Crippen molar-refractivity contribution in [3.63, 3.8) is 0 Å². The molecule has 0 atom stereocenters. The zero-order valence-corrected chi connectivity index (χ0v) is 12.7. The Bertz CT molecular complexity index is 460. The maximum absolute atomic E-state index is 14.2. The summed E-state index contributed by atoms with van der Waals surface area (Å²) in [6, 6.07) is 1.40. The van der Waals surface area contributed by atoms with E-state index in [0.717, 1.165) is 12.8 Å². The van der Waals surface area contributed by atoms with E-state index in [-0.39, 0.29) is 16.8 Å². The molecule has 0 radical (unpaired) electrons. The predicted molar refractivity (Wildman–Crippen MR) is 79.4 cm³/mol. The van der Waals surface area contributed by atoms with Crippen molar-refractivity contribution in [3.8, 4) is 0 Å². The number of nitrogens with one attached hydrogen (secondary N) is 2. The minimum atomic E-state index is -0.590. The average molecular weight is 281 g/mol. The molecule has 0 aliphatic heterocycles. The van der Waals surface area contributed by atoms with Crippen molar-refractivity contribution >= 4 is 11.7 Å². The van der Waals surface area contributed by atoms with Gasteiger partial charge in [-0.25, -0.2) is 9.37 Å². The highest BCUT2D eigenvalue weighted by atomic mass is 19.1. The lowest BCUT2D eigenvalue weighted by atomic mass is 9.90. The second-order valence-corrected chi connectivity index (χ2v) is 5.65. The Morgan fingerprint density at radius 1 is 1.40 bits per heavy atom. The van der Waals surface area contributed by atoms with E-state index < -0.39 is 11.7 Å². The normalized spacial score (nSPS) is 11.2. The largest absolute Gasteiger partial charge is 0.368 e. The highest BCUT2D eigenvalue weighted by Crippen LogP contribution is 2.19. The van der Waals surface area contributed by atoms with Gasteiger partial charge in [-0.1, -0.05) is 27.7 Å². The molecule has 0 spiro atoms. The Kier molecular flexibility index (Phi) is 5.92. The van der Waals surface area contributed by atoms with Crippen molar-refractivity contribution in [2.75, 3.05) is 18.4 Å². The number of hydrogen-bond acceptors (Lipinski definition) is 3. The quantitative estimate of drug-likeness (QED) is 0.807. The second-order valence-electron chi connectivity index (χ2n) is 5.65. The molecule has 112 valence electrons. The lowest BCUT2D eigenvalue weighted by molar-refractivity contribution is 0.0931. The van der Waals surface area contributed by atoms with Crippen LogP contribution in [0.3, 0.4) is 0 Å². The van der Waals surface area contributed by atoms with Crippen LogP contribution in [0.1, 0.15) is 50.9 Å². The van der Waals surface area contributed by atoms with Crippen LogP contribution in [0.2, 0.25) is 0 Å². The topological polar surface area (TPSA) is 54.0 Å². The van der Waals surface area contributed by atoms with Crippen LogP contribution in [0.25, 0.3) is 0 Å². The van der Waals surface area contributed by atoms with Gasteiger partial charge in [0, 0.05) is 19.3 Å². The number of aromatic nitrogens is 1. The van der Waals surface area contributed by atoms with Gasteiger partial charge in [0.1, 0.15) is 0 Å². The predicted octanol–water partition coefficient (Wildman–Crippen LogP) is 3.21. The molecule has 1 rings (SSSR count). The number of carbonyl (C=O) groups is 1. The number of carbonyl (C=O) groups excluding carboxylic acids is 1. The number of nitrogens with zero attached hydrogens (tertiary/aromatic N) is 1.